The first-order valence-electron chi connectivity index (χ1n) is 9.82. The van der Waals surface area contributed by atoms with E-state index < -0.39 is 39.0 Å². The van der Waals surface area contributed by atoms with Gasteiger partial charge in [0.1, 0.15) is 35.9 Å². The number of hydrogen-bond acceptors (Lipinski definition) is 12. The summed E-state index contributed by atoms with van der Waals surface area (Å²) in [6.45, 7) is -0.529. The number of aliphatic hydroxyl groups is 2. The number of aromatic hydroxyl groups is 1. The summed E-state index contributed by atoms with van der Waals surface area (Å²) in [6.07, 6.45) is -2.95. The molecule has 34 heavy (non-hydrogen) atoms. The smallest absolute Gasteiger partial charge is 0.469 e. The van der Waals surface area contributed by atoms with Gasteiger partial charge in [0.25, 0.3) is 0 Å². The standard InChI is InChI=1S/C18H22N5O10P/c1-30-10-2-8(4-19-16-13-17(21-6-20-13)23-7-22-16)9(24)3-11(10)32-18-15(26)14(25)12(33-18)5-31-34(27,28)29/h2-3,6-7,12,14-15,18,24-26H,4-5H2,1H3,(H2,27,28,29)(H2,19,20,21,22,23)/t12-,14-,15-,18?/m1/s1. The van der Waals surface area contributed by atoms with Crippen molar-refractivity contribution in [2.45, 2.75) is 31.1 Å². The molecule has 7 N–H and O–H groups in total. The molecule has 1 saturated heterocycles. The van der Waals surface area contributed by atoms with Crippen LogP contribution in [0.25, 0.3) is 11.2 Å². The van der Waals surface area contributed by atoms with Crippen LogP contribution in [0.3, 0.4) is 0 Å². The van der Waals surface area contributed by atoms with Crippen LogP contribution >= 0.6 is 7.82 Å². The van der Waals surface area contributed by atoms with Gasteiger partial charge in [-0.25, -0.2) is 19.5 Å². The van der Waals surface area contributed by atoms with Gasteiger partial charge in [-0.05, 0) is 6.07 Å². The average Bonchev–Trinajstić information content (AvgIpc) is 3.37. The molecule has 0 saturated carbocycles. The molecule has 1 aromatic carbocycles. The Bertz CT molecular complexity index is 1200. The highest BCUT2D eigenvalue weighted by molar-refractivity contribution is 7.46. The van der Waals surface area contributed by atoms with Crippen LogP contribution in [0, 0.1) is 0 Å². The van der Waals surface area contributed by atoms with Gasteiger partial charge in [0.05, 0.1) is 20.0 Å². The van der Waals surface area contributed by atoms with Crippen LogP contribution in [0.15, 0.2) is 24.8 Å². The van der Waals surface area contributed by atoms with E-state index in [4.69, 9.17) is 24.0 Å². The minimum Gasteiger partial charge on any atom is -0.507 e. The molecule has 3 heterocycles. The lowest BCUT2D eigenvalue weighted by atomic mass is 10.1. The number of H-pyrrole nitrogens is 1. The molecule has 0 amide bonds. The molecule has 1 unspecified atom stereocenters. The zero-order valence-corrected chi connectivity index (χ0v) is 18.5. The molecule has 184 valence electrons. The monoisotopic (exact) mass is 499 g/mol. The van der Waals surface area contributed by atoms with Crippen molar-refractivity contribution in [2.24, 2.45) is 0 Å². The Hall–Kier alpha value is -3.04. The van der Waals surface area contributed by atoms with Crippen LogP contribution in [0.2, 0.25) is 0 Å². The van der Waals surface area contributed by atoms with E-state index in [2.05, 4.69) is 29.8 Å². The number of phosphoric ester groups is 1. The molecule has 1 aliphatic heterocycles. The lowest BCUT2D eigenvalue weighted by molar-refractivity contribution is -0.116. The molecule has 15 nitrogen and oxygen atoms in total. The second-order valence-electron chi connectivity index (χ2n) is 7.24. The fraction of sp³-hybridized carbons (Fsp3) is 0.389. The zero-order chi connectivity index (χ0) is 24.5. The molecule has 1 aliphatic rings. The van der Waals surface area contributed by atoms with Crippen molar-refractivity contribution in [1.82, 2.24) is 19.9 Å². The predicted molar refractivity (Wildman–Crippen MR) is 113 cm³/mol. The molecule has 0 radical (unpaired) electrons. The number of aliphatic hydroxyl groups excluding tert-OH is 2. The van der Waals surface area contributed by atoms with Crippen LogP contribution in [0.4, 0.5) is 5.82 Å². The summed E-state index contributed by atoms with van der Waals surface area (Å²) in [7, 11) is -3.43. The van der Waals surface area contributed by atoms with Crippen molar-refractivity contribution in [3.8, 4) is 17.2 Å². The lowest BCUT2D eigenvalue weighted by Gasteiger charge is -2.20. The Kier molecular flexibility index (Phi) is 6.86. The maximum absolute atomic E-state index is 10.9. The molecule has 1 fully saturated rings. The number of imidazole rings is 1. The minimum atomic E-state index is -4.80. The van der Waals surface area contributed by atoms with Gasteiger partial charge in [-0.1, -0.05) is 0 Å². The van der Waals surface area contributed by atoms with Gasteiger partial charge in [0.15, 0.2) is 23.0 Å². The first-order chi connectivity index (χ1) is 16.2. The number of phenolic OH excluding ortho intramolecular Hbond substituents is 1. The summed E-state index contributed by atoms with van der Waals surface area (Å²) in [4.78, 5) is 32.8. The summed E-state index contributed by atoms with van der Waals surface area (Å²) in [5.41, 5.74) is 1.50. The van der Waals surface area contributed by atoms with E-state index in [0.29, 0.717) is 22.5 Å². The number of ether oxygens (including phenoxy) is 3. The first-order valence-corrected chi connectivity index (χ1v) is 11.4. The highest BCUT2D eigenvalue weighted by Gasteiger charge is 2.45. The fourth-order valence-electron chi connectivity index (χ4n) is 3.31. The van der Waals surface area contributed by atoms with Crippen molar-refractivity contribution < 1.29 is 48.4 Å². The Morgan fingerprint density at radius 2 is 1.97 bits per heavy atom. The maximum atomic E-state index is 10.9. The van der Waals surface area contributed by atoms with Crippen LogP contribution in [0.5, 0.6) is 17.2 Å². The van der Waals surface area contributed by atoms with E-state index in [0.717, 1.165) is 0 Å². The third kappa shape index (κ3) is 5.20. The molecule has 16 heteroatoms. The summed E-state index contributed by atoms with van der Waals surface area (Å²) in [6, 6.07) is 2.73. The van der Waals surface area contributed by atoms with E-state index in [1.165, 1.54) is 31.9 Å². The molecule has 0 aliphatic carbocycles. The van der Waals surface area contributed by atoms with Crippen molar-refractivity contribution in [3.63, 3.8) is 0 Å². The maximum Gasteiger partial charge on any atom is 0.469 e. The Morgan fingerprint density at radius 1 is 1.18 bits per heavy atom. The summed E-state index contributed by atoms with van der Waals surface area (Å²) < 4.78 is 31.4. The largest absolute Gasteiger partial charge is 0.507 e. The van der Waals surface area contributed by atoms with E-state index in [9.17, 15) is 19.9 Å². The molecular formula is C18H22N5O10P. The molecule has 4 rings (SSSR count). The molecular weight excluding hydrogens is 477 g/mol. The molecule has 0 bridgehead atoms. The van der Waals surface area contributed by atoms with E-state index in [-0.39, 0.29) is 23.8 Å². The number of nitrogens with zero attached hydrogens (tertiary/aromatic N) is 3. The molecule has 4 atom stereocenters. The average molecular weight is 499 g/mol. The zero-order valence-electron chi connectivity index (χ0n) is 17.6. The molecule has 3 aromatic rings. The highest BCUT2D eigenvalue weighted by atomic mass is 31.2. The number of aromatic amines is 1. The van der Waals surface area contributed by atoms with E-state index >= 15 is 0 Å². The number of anilines is 1. The van der Waals surface area contributed by atoms with Gasteiger partial charge >= 0.3 is 7.82 Å². The number of hydrogen-bond donors (Lipinski definition) is 7. The number of fused-ring (bicyclic) bond motifs is 1. The summed E-state index contributed by atoms with van der Waals surface area (Å²) in [5, 5.41) is 33.8. The van der Waals surface area contributed by atoms with Gasteiger partial charge in [-0.3, -0.25) is 4.52 Å². The Balaban J connectivity index is 1.46. The second-order valence-corrected chi connectivity index (χ2v) is 8.48. The predicted octanol–water partition coefficient (Wildman–Crippen LogP) is -0.386. The first kappa shape index (κ1) is 24.1. The van der Waals surface area contributed by atoms with Gasteiger partial charge in [0, 0.05) is 18.2 Å². The highest BCUT2D eigenvalue weighted by Crippen LogP contribution is 2.39. The Labute approximate surface area is 191 Å². The second kappa shape index (κ2) is 9.68. The van der Waals surface area contributed by atoms with E-state index in [1.54, 1.807) is 0 Å². The van der Waals surface area contributed by atoms with Crippen molar-refractivity contribution in [3.05, 3.63) is 30.4 Å². The summed E-state index contributed by atoms with van der Waals surface area (Å²) >= 11 is 0. The van der Waals surface area contributed by atoms with Crippen molar-refractivity contribution >= 4 is 24.8 Å². The van der Waals surface area contributed by atoms with Crippen LogP contribution < -0.4 is 14.8 Å². The number of benzene rings is 1. The number of phenols is 1. The van der Waals surface area contributed by atoms with Crippen LogP contribution in [-0.2, 0) is 20.4 Å². The SMILES string of the molecule is COc1cc(CNc2ncnc3nc[nH]c23)c(O)cc1OC1O[C@H](COP(=O)(O)O)[C@@H](O)[C@H]1O. The minimum absolute atomic E-state index is 0.00505. The van der Waals surface area contributed by atoms with Crippen LogP contribution in [0.1, 0.15) is 5.56 Å². The quantitative estimate of drug-likeness (QED) is 0.186. The number of rotatable bonds is 9. The van der Waals surface area contributed by atoms with Gasteiger partial charge in [0.2, 0.25) is 6.29 Å². The van der Waals surface area contributed by atoms with E-state index in [1.807, 2.05) is 0 Å². The third-order valence-corrected chi connectivity index (χ3v) is 5.49. The summed E-state index contributed by atoms with van der Waals surface area (Å²) in [5.74, 6) is 0.479. The molecule has 2 aromatic heterocycles. The lowest BCUT2D eigenvalue weighted by Crippen LogP contribution is -2.35. The van der Waals surface area contributed by atoms with Crippen molar-refractivity contribution in [1.29, 1.82) is 0 Å². The van der Waals surface area contributed by atoms with Crippen molar-refractivity contribution in [2.75, 3.05) is 19.0 Å². The van der Waals surface area contributed by atoms with Crippen LogP contribution in [-0.4, -0.2) is 83.4 Å². The van der Waals surface area contributed by atoms with Gasteiger partial charge in [-0.2, -0.15) is 0 Å². The molecule has 0 spiro atoms. The van der Waals surface area contributed by atoms with Gasteiger partial charge in [-0.15, -0.1) is 0 Å². The van der Waals surface area contributed by atoms with Gasteiger partial charge < -0.3 is 49.6 Å². The Morgan fingerprint density at radius 3 is 2.71 bits per heavy atom. The number of methoxy groups -OCH3 is 1. The third-order valence-electron chi connectivity index (χ3n) is 5.00. The number of nitrogens with one attached hydrogen (secondary N) is 2. The normalized spacial score (nSPS) is 22.7. The topological polar surface area (TPSA) is 222 Å². The number of phosphoric acid groups is 1. The number of aromatic nitrogens is 4. The fourth-order valence-corrected chi connectivity index (χ4v) is 3.65.